The molecule has 96 valence electrons. The molecule has 0 aromatic rings. The number of thioether (sulfide) groups is 1. The van der Waals surface area contributed by atoms with Crippen molar-refractivity contribution in [2.45, 2.75) is 31.6 Å². The molecule has 1 amide bonds. The predicted octanol–water partition coefficient (Wildman–Crippen LogP) is 0.513. The van der Waals surface area contributed by atoms with Gasteiger partial charge in [-0.25, -0.2) is 8.42 Å². The Morgan fingerprint density at radius 3 is 2.76 bits per heavy atom. The molecule has 7 heteroatoms. The lowest BCUT2D eigenvalue weighted by Crippen LogP contribution is -2.37. The molecule has 0 N–H and O–H groups in total. The molecule has 2 aliphatic rings. The van der Waals surface area contributed by atoms with Crippen molar-refractivity contribution in [3.8, 4) is 0 Å². The summed E-state index contributed by atoms with van der Waals surface area (Å²) in [6.07, 6.45) is 0.384. The zero-order valence-electron chi connectivity index (χ0n) is 9.92. The Balaban J connectivity index is 2.22. The Kier molecular flexibility index (Phi) is 3.49. The van der Waals surface area contributed by atoms with Gasteiger partial charge in [0, 0.05) is 18.2 Å². The third-order valence-electron chi connectivity index (χ3n) is 3.04. The third-order valence-corrected chi connectivity index (χ3v) is 6.29. The third kappa shape index (κ3) is 2.49. The number of hydrogen-bond acceptors (Lipinski definition) is 4. The Morgan fingerprint density at radius 1 is 1.47 bits per heavy atom. The zero-order chi connectivity index (χ0) is 12.6. The highest BCUT2D eigenvalue weighted by molar-refractivity contribution is 8.15. The lowest BCUT2D eigenvalue weighted by Gasteiger charge is -2.22. The molecule has 0 radical (unpaired) electrons. The van der Waals surface area contributed by atoms with Crippen LogP contribution in [-0.2, 0) is 14.6 Å². The number of nitrogens with zero attached hydrogens (tertiary/aromatic N) is 2. The standard InChI is InChI=1S/C10H16N2O3S2/c1-3-9(13)11-10-12(4-2)7-5-17(14,15)6-8(7)16-10/h7-8H,3-6H2,1-2H3/t7-,8+/m0/s1. The molecule has 2 rings (SSSR count). The quantitative estimate of drug-likeness (QED) is 0.735. The summed E-state index contributed by atoms with van der Waals surface area (Å²) in [7, 11) is -2.91. The minimum Gasteiger partial charge on any atom is -0.346 e. The Morgan fingerprint density at radius 2 is 2.18 bits per heavy atom. The van der Waals surface area contributed by atoms with Crippen LogP contribution in [0.1, 0.15) is 20.3 Å². The average molecular weight is 276 g/mol. The molecule has 0 bridgehead atoms. The van der Waals surface area contributed by atoms with Crippen LogP contribution in [0.3, 0.4) is 0 Å². The maximum atomic E-state index is 11.5. The second-order valence-corrected chi connectivity index (χ2v) is 7.59. The Labute approximate surface area is 106 Å². The maximum absolute atomic E-state index is 11.5. The van der Waals surface area contributed by atoms with Crippen LogP contribution in [0.4, 0.5) is 0 Å². The smallest absolute Gasteiger partial charge is 0.247 e. The number of sulfone groups is 1. The van der Waals surface area contributed by atoms with Crippen molar-refractivity contribution in [1.82, 2.24) is 4.90 Å². The van der Waals surface area contributed by atoms with E-state index in [1.54, 1.807) is 6.92 Å². The van der Waals surface area contributed by atoms with Crippen LogP contribution in [0.25, 0.3) is 0 Å². The molecule has 0 unspecified atom stereocenters. The normalized spacial score (nSPS) is 33.1. The van der Waals surface area contributed by atoms with Crippen molar-refractivity contribution in [2.24, 2.45) is 4.99 Å². The number of amides is 1. The van der Waals surface area contributed by atoms with Crippen molar-refractivity contribution in [1.29, 1.82) is 0 Å². The van der Waals surface area contributed by atoms with Gasteiger partial charge in [-0.15, -0.1) is 0 Å². The molecule has 2 saturated heterocycles. The van der Waals surface area contributed by atoms with Gasteiger partial charge in [-0.3, -0.25) is 4.79 Å². The highest BCUT2D eigenvalue weighted by Crippen LogP contribution is 2.37. The molecule has 2 heterocycles. The van der Waals surface area contributed by atoms with Gasteiger partial charge in [-0.2, -0.15) is 4.99 Å². The summed E-state index contributed by atoms with van der Waals surface area (Å²) in [5, 5.41) is 0.743. The van der Waals surface area contributed by atoms with Crippen molar-refractivity contribution >= 4 is 32.7 Å². The highest BCUT2D eigenvalue weighted by atomic mass is 32.2. The van der Waals surface area contributed by atoms with Crippen LogP contribution in [0.15, 0.2) is 4.99 Å². The first-order valence-electron chi connectivity index (χ1n) is 5.72. The number of hydrogen-bond donors (Lipinski definition) is 0. The van der Waals surface area contributed by atoms with Gasteiger partial charge in [0.25, 0.3) is 0 Å². The van der Waals surface area contributed by atoms with Gasteiger partial charge in [-0.05, 0) is 6.92 Å². The fourth-order valence-electron chi connectivity index (χ4n) is 2.19. The van der Waals surface area contributed by atoms with Gasteiger partial charge in [-0.1, -0.05) is 18.7 Å². The maximum Gasteiger partial charge on any atom is 0.247 e. The van der Waals surface area contributed by atoms with Crippen LogP contribution in [0.2, 0.25) is 0 Å². The molecule has 0 saturated carbocycles. The van der Waals surface area contributed by atoms with E-state index >= 15 is 0 Å². The summed E-state index contributed by atoms with van der Waals surface area (Å²) in [5.41, 5.74) is 0. The minimum absolute atomic E-state index is 0.00148. The summed E-state index contributed by atoms with van der Waals surface area (Å²) >= 11 is 1.44. The lowest BCUT2D eigenvalue weighted by atomic mass is 10.2. The lowest BCUT2D eigenvalue weighted by molar-refractivity contribution is -0.117. The van der Waals surface area contributed by atoms with E-state index in [9.17, 15) is 13.2 Å². The van der Waals surface area contributed by atoms with E-state index in [1.165, 1.54) is 11.8 Å². The van der Waals surface area contributed by atoms with E-state index in [1.807, 2.05) is 11.8 Å². The van der Waals surface area contributed by atoms with Crippen molar-refractivity contribution in [3.63, 3.8) is 0 Å². The van der Waals surface area contributed by atoms with E-state index in [-0.39, 0.29) is 28.7 Å². The van der Waals surface area contributed by atoms with Crippen LogP contribution in [0, 0.1) is 0 Å². The first-order chi connectivity index (χ1) is 7.96. The van der Waals surface area contributed by atoms with Crippen LogP contribution in [-0.4, -0.2) is 53.7 Å². The van der Waals surface area contributed by atoms with Gasteiger partial charge in [0.1, 0.15) is 0 Å². The fourth-order valence-corrected chi connectivity index (χ4v) is 6.22. The van der Waals surface area contributed by atoms with Gasteiger partial charge < -0.3 is 4.90 Å². The number of carbonyl (C=O) groups is 1. The number of rotatable bonds is 2. The first kappa shape index (κ1) is 12.9. The molecule has 0 aromatic heterocycles. The van der Waals surface area contributed by atoms with Crippen LogP contribution < -0.4 is 0 Å². The molecule has 0 spiro atoms. The molecule has 5 nitrogen and oxygen atoms in total. The van der Waals surface area contributed by atoms with Crippen molar-refractivity contribution in [3.05, 3.63) is 0 Å². The zero-order valence-corrected chi connectivity index (χ0v) is 11.6. The molecule has 2 aliphatic heterocycles. The van der Waals surface area contributed by atoms with Gasteiger partial charge >= 0.3 is 0 Å². The highest BCUT2D eigenvalue weighted by Gasteiger charge is 2.48. The summed E-state index contributed by atoms with van der Waals surface area (Å²) < 4.78 is 23.1. The average Bonchev–Trinajstić information content (AvgIpc) is 2.68. The molecule has 0 aromatic carbocycles. The monoisotopic (exact) mass is 276 g/mol. The van der Waals surface area contributed by atoms with Gasteiger partial charge in [0.15, 0.2) is 15.0 Å². The molecular formula is C10H16N2O3S2. The summed E-state index contributed by atoms with van der Waals surface area (Å²) in [6, 6.07) is -0.00148. The number of amidine groups is 1. The number of carbonyl (C=O) groups excluding carboxylic acids is 1. The SMILES string of the molecule is CCC(=O)N=C1S[C@@H]2CS(=O)(=O)C[C@@H]2N1CC. The molecular weight excluding hydrogens is 260 g/mol. The fraction of sp³-hybridized carbons (Fsp3) is 0.800. The van der Waals surface area contributed by atoms with Gasteiger partial charge in [0.05, 0.1) is 17.5 Å². The molecule has 0 aliphatic carbocycles. The predicted molar refractivity (Wildman–Crippen MR) is 68.9 cm³/mol. The van der Waals surface area contributed by atoms with E-state index in [2.05, 4.69) is 4.99 Å². The summed E-state index contributed by atoms with van der Waals surface area (Å²) in [6.45, 7) is 4.42. The second kappa shape index (κ2) is 4.61. The summed E-state index contributed by atoms with van der Waals surface area (Å²) in [4.78, 5) is 17.3. The van der Waals surface area contributed by atoms with Crippen LogP contribution in [0.5, 0.6) is 0 Å². The van der Waals surface area contributed by atoms with E-state index in [4.69, 9.17) is 0 Å². The van der Waals surface area contributed by atoms with Gasteiger partial charge in [0.2, 0.25) is 5.91 Å². The minimum atomic E-state index is -2.91. The number of aliphatic imine (C=N–C) groups is 1. The van der Waals surface area contributed by atoms with E-state index < -0.39 is 9.84 Å². The molecule has 2 fully saturated rings. The Bertz CT molecular complexity index is 458. The number of fused-ring (bicyclic) bond motifs is 1. The second-order valence-electron chi connectivity index (χ2n) is 4.23. The molecule has 2 atom stereocenters. The topological polar surface area (TPSA) is 66.8 Å². The van der Waals surface area contributed by atoms with Crippen molar-refractivity contribution < 1.29 is 13.2 Å². The Hall–Kier alpha value is -0.560. The largest absolute Gasteiger partial charge is 0.346 e. The van der Waals surface area contributed by atoms with E-state index in [0.717, 1.165) is 0 Å². The summed E-state index contributed by atoms with van der Waals surface area (Å²) in [5.74, 6) is 0.254. The first-order valence-corrected chi connectivity index (χ1v) is 8.42. The van der Waals surface area contributed by atoms with Crippen LogP contribution >= 0.6 is 11.8 Å². The van der Waals surface area contributed by atoms with E-state index in [0.29, 0.717) is 18.1 Å². The van der Waals surface area contributed by atoms with Crippen molar-refractivity contribution in [2.75, 3.05) is 18.1 Å². The molecule has 17 heavy (non-hydrogen) atoms.